The monoisotopic (exact) mass is 468 g/mol. The zero-order chi connectivity index (χ0) is 23.5. The highest BCUT2D eigenvalue weighted by Crippen LogP contribution is 2.32. The number of rotatable bonds is 6. The second-order valence-electron chi connectivity index (χ2n) is 8.42. The van der Waals surface area contributed by atoms with Gasteiger partial charge in [0.25, 0.3) is 5.91 Å². The summed E-state index contributed by atoms with van der Waals surface area (Å²) in [6, 6.07) is 12.4. The molecule has 1 saturated heterocycles. The van der Waals surface area contributed by atoms with E-state index in [0.717, 1.165) is 36.1 Å². The first-order valence-corrected chi connectivity index (χ1v) is 11.4. The highest BCUT2D eigenvalue weighted by atomic mass is 35.5. The van der Waals surface area contributed by atoms with Crippen LogP contribution in [0.15, 0.2) is 48.5 Å². The van der Waals surface area contributed by atoms with E-state index in [4.69, 9.17) is 16.3 Å². The Morgan fingerprint density at radius 2 is 1.67 bits per heavy atom. The van der Waals surface area contributed by atoms with Gasteiger partial charge in [-0.1, -0.05) is 36.6 Å². The number of nitrogens with zero attached hydrogens (tertiary/aromatic N) is 2. The first-order valence-electron chi connectivity index (χ1n) is 11.0. The van der Waals surface area contributed by atoms with Crippen molar-refractivity contribution in [3.63, 3.8) is 0 Å². The molecule has 33 heavy (non-hydrogen) atoms. The lowest BCUT2D eigenvalue weighted by molar-refractivity contribution is -0.140. The smallest absolute Gasteiger partial charge is 0.308 e. The summed E-state index contributed by atoms with van der Waals surface area (Å²) in [4.78, 5) is 53.5. The average molecular weight is 469 g/mol. The molecule has 1 aliphatic carbocycles. The van der Waals surface area contributed by atoms with Crippen LogP contribution in [0.4, 0.5) is 5.69 Å². The normalized spacial score (nSPS) is 18.6. The van der Waals surface area contributed by atoms with Crippen LogP contribution in [0, 0.1) is 0 Å². The van der Waals surface area contributed by atoms with Gasteiger partial charge in [-0.25, -0.2) is 4.90 Å². The number of hydrogen-bond acceptors (Lipinski definition) is 5. The van der Waals surface area contributed by atoms with Crippen molar-refractivity contribution in [1.82, 2.24) is 4.90 Å². The minimum Gasteiger partial charge on any atom is -0.427 e. The third-order valence-electron chi connectivity index (χ3n) is 6.09. The van der Waals surface area contributed by atoms with E-state index >= 15 is 0 Å². The molecule has 2 aromatic rings. The molecule has 0 N–H and O–H groups in total. The molecule has 0 bridgehead atoms. The van der Waals surface area contributed by atoms with Gasteiger partial charge in [0.05, 0.1) is 18.5 Å². The third-order valence-corrected chi connectivity index (χ3v) is 6.34. The number of esters is 1. The van der Waals surface area contributed by atoms with Crippen molar-refractivity contribution in [2.45, 2.75) is 57.5 Å². The Kier molecular flexibility index (Phi) is 6.79. The Morgan fingerprint density at radius 3 is 2.27 bits per heavy atom. The molecule has 1 saturated carbocycles. The SMILES string of the molecule is CC(=O)Oc1ccc(N2C(=O)CC(N(C(=O)Cc3ccc(Cl)cc3)C3CCCC3)C2=O)cc1. The highest BCUT2D eigenvalue weighted by Gasteiger charge is 2.46. The topological polar surface area (TPSA) is 84.0 Å². The molecule has 8 heteroatoms. The molecule has 7 nitrogen and oxygen atoms in total. The van der Waals surface area contributed by atoms with Crippen LogP contribution in [0.3, 0.4) is 0 Å². The Morgan fingerprint density at radius 1 is 1.03 bits per heavy atom. The summed E-state index contributed by atoms with van der Waals surface area (Å²) in [7, 11) is 0. The van der Waals surface area contributed by atoms with Gasteiger partial charge in [-0.2, -0.15) is 0 Å². The van der Waals surface area contributed by atoms with Crippen molar-refractivity contribution in [3.8, 4) is 5.75 Å². The molecule has 172 valence electrons. The molecule has 3 amide bonds. The van der Waals surface area contributed by atoms with Gasteiger partial charge in [-0.3, -0.25) is 19.2 Å². The summed E-state index contributed by atoms with van der Waals surface area (Å²) in [6.07, 6.45) is 3.72. The maximum absolute atomic E-state index is 13.4. The number of carbonyl (C=O) groups excluding carboxylic acids is 4. The lowest BCUT2D eigenvalue weighted by atomic mass is 10.1. The van der Waals surface area contributed by atoms with Gasteiger partial charge >= 0.3 is 5.97 Å². The maximum atomic E-state index is 13.4. The number of hydrogen-bond donors (Lipinski definition) is 0. The van der Waals surface area contributed by atoms with Crippen LogP contribution in [-0.2, 0) is 25.6 Å². The summed E-state index contributed by atoms with van der Waals surface area (Å²) in [5.74, 6) is -1.05. The van der Waals surface area contributed by atoms with Gasteiger partial charge in [0.2, 0.25) is 11.8 Å². The lowest BCUT2D eigenvalue weighted by Gasteiger charge is -2.33. The first kappa shape index (κ1) is 23.0. The zero-order valence-corrected chi connectivity index (χ0v) is 19.1. The number of ether oxygens (including phenoxy) is 1. The van der Waals surface area contributed by atoms with Gasteiger partial charge in [0.1, 0.15) is 11.8 Å². The molecule has 0 radical (unpaired) electrons. The van der Waals surface area contributed by atoms with Gasteiger partial charge in [0, 0.05) is 18.0 Å². The van der Waals surface area contributed by atoms with Crippen LogP contribution in [0.5, 0.6) is 5.75 Å². The molecule has 1 heterocycles. The van der Waals surface area contributed by atoms with E-state index in [2.05, 4.69) is 0 Å². The van der Waals surface area contributed by atoms with Crippen LogP contribution >= 0.6 is 11.6 Å². The number of amides is 3. The molecule has 0 spiro atoms. The van der Waals surface area contributed by atoms with Crippen molar-refractivity contribution < 1.29 is 23.9 Å². The van der Waals surface area contributed by atoms with Crippen molar-refractivity contribution in [3.05, 3.63) is 59.1 Å². The fourth-order valence-corrected chi connectivity index (χ4v) is 4.74. The van der Waals surface area contributed by atoms with E-state index in [0.29, 0.717) is 16.5 Å². The number of halogens is 1. The fourth-order valence-electron chi connectivity index (χ4n) is 4.62. The van der Waals surface area contributed by atoms with E-state index in [1.165, 1.54) is 19.1 Å². The minimum atomic E-state index is -0.825. The summed E-state index contributed by atoms with van der Waals surface area (Å²) >= 11 is 5.95. The largest absolute Gasteiger partial charge is 0.427 e. The summed E-state index contributed by atoms with van der Waals surface area (Å²) < 4.78 is 5.02. The third kappa shape index (κ3) is 5.09. The number of anilines is 1. The van der Waals surface area contributed by atoms with E-state index in [-0.39, 0.29) is 30.7 Å². The predicted molar refractivity (Wildman–Crippen MR) is 123 cm³/mol. The van der Waals surface area contributed by atoms with Crippen LogP contribution in [0.25, 0.3) is 0 Å². The fraction of sp³-hybridized carbons (Fsp3) is 0.360. The summed E-state index contributed by atoms with van der Waals surface area (Å²) in [6.45, 7) is 1.30. The zero-order valence-electron chi connectivity index (χ0n) is 18.3. The predicted octanol–water partition coefficient (Wildman–Crippen LogP) is 3.91. The summed E-state index contributed by atoms with van der Waals surface area (Å²) in [5.41, 5.74) is 1.20. The lowest BCUT2D eigenvalue weighted by Crippen LogP contribution is -2.50. The Hall–Kier alpha value is -3.19. The van der Waals surface area contributed by atoms with Crippen molar-refractivity contribution in [1.29, 1.82) is 0 Å². The standard InChI is InChI=1S/C25H25ClN2O5/c1-16(29)33-21-12-10-20(11-13-21)28-24(31)15-22(25(28)32)27(19-4-2-3-5-19)23(30)14-17-6-8-18(26)9-7-17/h6-13,19,22H,2-5,14-15H2,1H3. The van der Waals surface area contributed by atoms with E-state index in [1.807, 2.05) is 0 Å². The molecule has 2 fully saturated rings. The first-order chi connectivity index (χ1) is 15.8. The van der Waals surface area contributed by atoms with Crippen molar-refractivity contribution >= 4 is 41.0 Å². The Balaban J connectivity index is 1.56. The molecule has 0 aromatic heterocycles. The quantitative estimate of drug-likeness (QED) is 0.364. The van der Waals surface area contributed by atoms with Crippen molar-refractivity contribution in [2.24, 2.45) is 0 Å². The number of carbonyl (C=O) groups is 4. The van der Waals surface area contributed by atoms with Crippen molar-refractivity contribution in [2.75, 3.05) is 4.90 Å². The van der Waals surface area contributed by atoms with Crippen LogP contribution in [0.1, 0.15) is 44.6 Å². The van der Waals surface area contributed by atoms with Crippen LogP contribution in [0.2, 0.25) is 5.02 Å². The average Bonchev–Trinajstić information content (AvgIpc) is 3.39. The van der Waals surface area contributed by atoms with Gasteiger partial charge in [-0.05, 0) is 54.8 Å². The van der Waals surface area contributed by atoms with Crippen LogP contribution < -0.4 is 9.64 Å². The number of imide groups is 1. The molecule has 2 aromatic carbocycles. The molecule has 1 unspecified atom stereocenters. The van der Waals surface area contributed by atoms with Gasteiger partial charge in [-0.15, -0.1) is 0 Å². The Labute approximate surface area is 197 Å². The minimum absolute atomic E-state index is 0.0482. The van der Waals surface area contributed by atoms with Gasteiger partial charge in [0.15, 0.2) is 0 Å². The Bertz CT molecular complexity index is 1060. The maximum Gasteiger partial charge on any atom is 0.308 e. The molecule has 1 atom stereocenters. The second-order valence-corrected chi connectivity index (χ2v) is 8.85. The molecular weight excluding hydrogens is 444 g/mol. The molecule has 1 aliphatic heterocycles. The highest BCUT2D eigenvalue weighted by molar-refractivity contribution is 6.30. The summed E-state index contributed by atoms with van der Waals surface area (Å²) in [5, 5.41) is 0.589. The molecule has 4 rings (SSSR count). The van der Waals surface area contributed by atoms with Crippen LogP contribution in [-0.4, -0.2) is 40.7 Å². The second kappa shape index (κ2) is 9.75. The number of benzene rings is 2. The van der Waals surface area contributed by atoms with E-state index in [1.54, 1.807) is 41.3 Å². The van der Waals surface area contributed by atoms with Gasteiger partial charge < -0.3 is 9.64 Å². The molecular formula is C25H25ClN2O5. The van der Waals surface area contributed by atoms with E-state index in [9.17, 15) is 19.2 Å². The molecule has 2 aliphatic rings. The van der Waals surface area contributed by atoms with E-state index < -0.39 is 17.9 Å².